The predicted octanol–water partition coefficient (Wildman–Crippen LogP) is 2.50. The highest BCUT2D eigenvalue weighted by molar-refractivity contribution is 5.24. The molecule has 2 aromatic rings. The number of benzene rings is 1. The third-order valence-corrected chi connectivity index (χ3v) is 2.54. The lowest BCUT2D eigenvalue weighted by Crippen LogP contribution is -2.04. The molecule has 0 saturated heterocycles. The van der Waals surface area contributed by atoms with Crippen LogP contribution in [0, 0.1) is 6.92 Å². The molecule has 1 N–H and O–H groups in total. The fourth-order valence-electron chi connectivity index (χ4n) is 1.82. The second kappa shape index (κ2) is 5.15. The van der Waals surface area contributed by atoms with Crippen LogP contribution < -0.4 is 0 Å². The summed E-state index contributed by atoms with van der Waals surface area (Å²) in [4.78, 5) is 4.35. The zero-order chi connectivity index (χ0) is 12.3. The quantitative estimate of drug-likeness (QED) is 0.879. The van der Waals surface area contributed by atoms with Crippen molar-refractivity contribution in [3.05, 3.63) is 53.2 Å². The molecule has 0 bridgehead atoms. The smallest absolute Gasteiger partial charge is 0.198 e. The number of nitrogens with zero attached hydrogens (tertiary/aromatic N) is 1. The maximum Gasteiger partial charge on any atom is 0.198 e. The summed E-state index contributed by atoms with van der Waals surface area (Å²) >= 11 is 0. The van der Waals surface area contributed by atoms with Crippen LogP contribution >= 0.6 is 0 Å². The van der Waals surface area contributed by atoms with Gasteiger partial charge in [-0.25, -0.2) is 4.98 Å². The molecule has 1 atom stereocenters. The number of aromatic nitrogens is 1. The number of aliphatic hydroxyl groups excluding tert-OH is 1. The zero-order valence-electron chi connectivity index (χ0n) is 10.2. The summed E-state index contributed by atoms with van der Waals surface area (Å²) in [6.07, 6.45) is 2.48. The molecule has 0 aliphatic heterocycles. The summed E-state index contributed by atoms with van der Waals surface area (Å²) in [7, 11) is 0. The van der Waals surface area contributed by atoms with Crippen LogP contribution in [0.3, 0.4) is 0 Å². The molecular formula is C14H17NO2. The Hall–Kier alpha value is -1.61. The van der Waals surface area contributed by atoms with E-state index in [0.29, 0.717) is 18.7 Å². The average molecular weight is 231 g/mol. The van der Waals surface area contributed by atoms with Gasteiger partial charge < -0.3 is 9.52 Å². The third-order valence-electron chi connectivity index (χ3n) is 2.54. The van der Waals surface area contributed by atoms with Crippen molar-refractivity contribution in [2.45, 2.75) is 32.8 Å². The van der Waals surface area contributed by atoms with Crippen LogP contribution in [0.15, 0.2) is 34.9 Å². The van der Waals surface area contributed by atoms with Crippen molar-refractivity contribution in [1.82, 2.24) is 4.98 Å². The van der Waals surface area contributed by atoms with E-state index in [1.807, 2.05) is 6.07 Å². The van der Waals surface area contributed by atoms with Crippen molar-refractivity contribution in [1.29, 1.82) is 0 Å². The largest absolute Gasteiger partial charge is 0.448 e. The Morgan fingerprint density at radius 1 is 1.41 bits per heavy atom. The fraction of sp³-hybridized carbons (Fsp3) is 0.357. The molecular weight excluding hydrogens is 214 g/mol. The third kappa shape index (κ3) is 3.43. The van der Waals surface area contributed by atoms with Crippen LogP contribution in [0.25, 0.3) is 0 Å². The number of aryl methyl sites for hydroxylation is 1. The second-order valence-corrected chi connectivity index (χ2v) is 4.45. The molecule has 0 spiro atoms. The van der Waals surface area contributed by atoms with Crippen LogP contribution in [0.2, 0.25) is 0 Å². The number of hydrogen-bond acceptors (Lipinski definition) is 3. The molecule has 0 fully saturated rings. The highest BCUT2D eigenvalue weighted by Gasteiger charge is 2.07. The van der Waals surface area contributed by atoms with E-state index in [9.17, 15) is 5.11 Å². The molecule has 0 radical (unpaired) electrons. The van der Waals surface area contributed by atoms with Crippen molar-refractivity contribution >= 4 is 0 Å². The van der Waals surface area contributed by atoms with Gasteiger partial charge in [-0.2, -0.15) is 0 Å². The van der Waals surface area contributed by atoms with E-state index in [0.717, 1.165) is 5.69 Å². The van der Waals surface area contributed by atoms with E-state index in [4.69, 9.17) is 4.42 Å². The van der Waals surface area contributed by atoms with Crippen LogP contribution in [-0.2, 0) is 12.8 Å². The Morgan fingerprint density at radius 3 is 2.94 bits per heavy atom. The molecule has 0 aliphatic carbocycles. The SMILES string of the molecule is Cc1cccc(Cc2nc(CC(C)O)co2)c1. The van der Waals surface area contributed by atoms with Crippen LogP contribution in [0.5, 0.6) is 0 Å². The molecule has 0 amide bonds. The summed E-state index contributed by atoms with van der Waals surface area (Å²) in [6.45, 7) is 3.81. The molecule has 3 nitrogen and oxygen atoms in total. The van der Waals surface area contributed by atoms with Gasteiger partial charge in [0.15, 0.2) is 5.89 Å². The topological polar surface area (TPSA) is 46.3 Å². The minimum atomic E-state index is -0.382. The van der Waals surface area contributed by atoms with Gasteiger partial charge in [-0.1, -0.05) is 29.8 Å². The van der Waals surface area contributed by atoms with Gasteiger partial charge in [-0.15, -0.1) is 0 Å². The molecule has 0 aliphatic rings. The van der Waals surface area contributed by atoms with Crippen molar-refractivity contribution in [2.75, 3.05) is 0 Å². The Kier molecular flexibility index (Phi) is 3.59. The van der Waals surface area contributed by atoms with Gasteiger partial charge in [0, 0.05) is 12.8 Å². The molecule has 17 heavy (non-hydrogen) atoms. The summed E-state index contributed by atoms with van der Waals surface area (Å²) in [5.41, 5.74) is 3.23. The Labute approximate surface area is 101 Å². The molecule has 3 heteroatoms. The summed E-state index contributed by atoms with van der Waals surface area (Å²) in [5, 5.41) is 9.26. The highest BCUT2D eigenvalue weighted by atomic mass is 16.3. The van der Waals surface area contributed by atoms with E-state index in [1.165, 1.54) is 11.1 Å². The first kappa shape index (κ1) is 11.9. The minimum absolute atomic E-state index is 0.382. The zero-order valence-corrected chi connectivity index (χ0v) is 10.2. The lowest BCUT2D eigenvalue weighted by Gasteiger charge is -1.99. The van der Waals surface area contributed by atoms with Crippen LogP contribution in [-0.4, -0.2) is 16.2 Å². The first-order valence-electron chi connectivity index (χ1n) is 5.80. The molecule has 90 valence electrons. The van der Waals surface area contributed by atoms with Gasteiger partial charge in [-0.05, 0) is 19.4 Å². The summed E-state index contributed by atoms with van der Waals surface area (Å²) in [5.74, 6) is 0.700. The van der Waals surface area contributed by atoms with Crippen molar-refractivity contribution in [3.8, 4) is 0 Å². The number of aliphatic hydroxyl groups is 1. The van der Waals surface area contributed by atoms with E-state index in [-0.39, 0.29) is 6.10 Å². The van der Waals surface area contributed by atoms with E-state index in [2.05, 4.69) is 30.1 Å². The Morgan fingerprint density at radius 2 is 2.24 bits per heavy atom. The monoisotopic (exact) mass is 231 g/mol. The molecule has 1 aromatic carbocycles. The van der Waals surface area contributed by atoms with Gasteiger partial charge in [0.2, 0.25) is 0 Å². The first-order chi connectivity index (χ1) is 8.13. The van der Waals surface area contributed by atoms with Crippen molar-refractivity contribution in [3.63, 3.8) is 0 Å². The molecule has 1 aromatic heterocycles. The van der Waals surface area contributed by atoms with Gasteiger partial charge in [0.25, 0.3) is 0 Å². The number of hydrogen-bond donors (Lipinski definition) is 1. The fourth-order valence-corrected chi connectivity index (χ4v) is 1.82. The Bertz CT molecular complexity index is 488. The average Bonchev–Trinajstić information content (AvgIpc) is 2.64. The maximum atomic E-state index is 9.26. The normalized spacial score (nSPS) is 12.6. The minimum Gasteiger partial charge on any atom is -0.448 e. The molecule has 1 heterocycles. The summed E-state index contributed by atoms with van der Waals surface area (Å²) in [6, 6.07) is 8.28. The van der Waals surface area contributed by atoms with Crippen molar-refractivity contribution in [2.24, 2.45) is 0 Å². The van der Waals surface area contributed by atoms with Gasteiger partial charge in [0.05, 0.1) is 11.8 Å². The Balaban J connectivity index is 2.06. The van der Waals surface area contributed by atoms with Crippen molar-refractivity contribution < 1.29 is 9.52 Å². The van der Waals surface area contributed by atoms with Crippen LogP contribution in [0.1, 0.15) is 29.6 Å². The van der Waals surface area contributed by atoms with Gasteiger partial charge in [0.1, 0.15) is 6.26 Å². The van der Waals surface area contributed by atoms with Gasteiger partial charge >= 0.3 is 0 Å². The van der Waals surface area contributed by atoms with E-state index >= 15 is 0 Å². The lowest BCUT2D eigenvalue weighted by molar-refractivity contribution is 0.194. The van der Waals surface area contributed by atoms with Crippen LogP contribution in [0.4, 0.5) is 0 Å². The maximum absolute atomic E-state index is 9.26. The van der Waals surface area contributed by atoms with Gasteiger partial charge in [-0.3, -0.25) is 0 Å². The predicted molar refractivity (Wildman–Crippen MR) is 65.9 cm³/mol. The molecule has 1 unspecified atom stereocenters. The lowest BCUT2D eigenvalue weighted by atomic mass is 10.1. The standard InChI is InChI=1S/C14H17NO2/c1-10-4-3-5-12(6-10)8-14-15-13(9-17-14)7-11(2)16/h3-6,9,11,16H,7-8H2,1-2H3. The number of rotatable bonds is 4. The second-order valence-electron chi connectivity index (χ2n) is 4.45. The van der Waals surface area contributed by atoms with E-state index in [1.54, 1.807) is 13.2 Å². The van der Waals surface area contributed by atoms with E-state index < -0.39 is 0 Å². The first-order valence-corrected chi connectivity index (χ1v) is 5.80. The highest BCUT2D eigenvalue weighted by Crippen LogP contribution is 2.12. The number of oxazole rings is 1. The molecule has 2 rings (SSSR count). The summed E-state index contributed by atoms with van der Waals surface area (Å²) < 4.78 is 5.39. The molecule has 0 saturated carbocycles.